The van der Waals surface area contributed by atoms with Gasteiger partial charge in [0, 0.05) is 12.8 Å². The van der Waals surface area contributed by atoms with Gasteiger partial charge in [0.25, 0.3) is 0 Å². The van der Waals surface area contributed by atoms with E-state index in [1.165, 1.54) is 25.7 Å². The van der Waals surface area contributed by atoms with E-state index in [-0.39, 0.29) is 0 Å². The van der Waals surface area contributed by atoms with Crippen LogP contribution in [0, 0.1) is 23.7 Å². The minimum Gasteiger partial charge on any atom is -0.300 e. The molecule has 0 aromatic carbocycles. The lowest BCUT2D eigenvalue weighted by Crippen LogP contribution is -2.32. The van der Waals surface area contributed by atoms with Crippen LogP contribution in [0.1, 0.15) is 52.4 Å². The molecule has 1 nitrogen and oxygen atoms in total. The Hall–Kier alpha value is -0.330. The standard InChI is InChI=1S/C13H22O/c1-9(2)10-3-4-12-8-13(14)6-5-11(12)7-10/h9-12H,3-8H2,1-2H3/t10-,11+,12-/m1/s1. The highest BCUT2D eigenvalue weighted by molar-refractivity contribution is 5.79. The van der Waals surface area contributed by atoms with E-state index < -0.39 is 0 Å². The summed E-state index contributed by atoms with van der Waals surface area (Å²) in [5.41, 5.74) is 0. The molecule has 2 aliphatic carbocycles. The molecule has 2 saturated carbocycles. The monoisotopic (exact) mass is 194 g/mol. The average Bonchev–Trinajstić information content (AvgIpc) is 2.16. The molecule has 0 amide bonds. The molecule has 0 aromatic rings. The number of hydrogen-bond donors (Lipinski definition) is 0. The Morgan fingerprint density at radius 3 is 2.64 bits per heavy atom. The third-order valence-corrected chi connectivity index (χ3v) is 4.41. The maximum Gasteiger partial charge on any atom is 0.133 e. The second-order valence-corrected chi connectivity index (χ2v) is 5.62. The summed E-state index contributed by atoms with van der Waals surface area (Å²) in [5.74, 6) is 3.94. The third kappa shape index (κ3) is 2.02. The molecule has 0 heterocycles. The fraction of sp³-hybridized carbons (Fsp3) is 0.923. The van der Waals surface area contributed by atoms with Crippen LogP contribution in [0.15, 0.2) is 0 Å². The summed E-state index contributed by atoms with van der Waals surface area (Å²) in [5, 5.41) is 0. The first-order valence-electron chi connectivity index (χ1n) is 6.18. The van der Waals surface area contributed by atoms with Crippen LogP contribution in [-0.2, 0) is 4.79 Å². The molecule has 0 aliphatic heterocycles. The third-order valence-electron chi connectivity index (χ3n) is 4.41. The maximum atomic E-state index is 11.3. The highest BCUT2D eigenvalue weighted by Gasteiger charge is 2.35. The van der Waals surface area contributed by atoms with Gasteiger partial charge in [0.1, 0.15) is 5.78 Å². The van der Waals surface area contributed by atoms with Crippen molar-refractivity contribution in [1.29, 1.82) is 0 Å². The van der Waals surface area contributed by atoms with Gasteiger partial charge in [-0.25, -0.2) is 0 Å². The molecular formula is C13H22O. The first-order chi connectivity index (χ1) is 6.66. The number of hydrogen-bond acceptors (Lipinski definition) is 1. The molecule has 0 radical (unpaired) electrons. The summed E-state index contributed by atoms with van der Waals surface area (Å²) in [4.78, 5) is 11.3. The van der Waals surface area contributed by atoms with Gasteiger partial charge in [-0.2, -0.15) is 0 Å². The minimum absolute atomic E-state index is 0.522. The van der Waals surface area contributed by atoms with Crippen molar-refractivity contribution in [2.24, 2.45) is 23.7 Å². The number of rotatable bonds is 1. The molecule has 14 heavy (non-hydrogen) atoms. The van der Waals surface area contributed by atoms with E-state index in [1.54, 1.807) is 0 Å². The topological polar surface area (TPSA) is 17.1 Å². The number of Topliss-reactive ketones (excluding diaryl/α,β-unsaturated/α-hetero) is 1. The van der Waals surface area contributed by atoms with Crippen molar-refractivity contribution in [3.05, 3.63) is 0 Å². The Labute approximate surface area is 87.3 Å². The molecule has 3 atom stereocenters. The molecule has 1 heteroatoms. The highest BCUT2D eigenvalue weighted by atomic mass is 16.1. The maximum absolute atomic E-state index is 11.3. The van der Waals surface area contributed by atoms with E-state index in [2.05, 4.69) is 13.8 Å². The summed E-state index contributed by atoms with van der Waals surface area (Å²) in [6.45, 7) is 4.69. The van der Waals surface area contributed by atoms with E-state index in [0.717, 1.165) is 36.5 Å². The van der Waals surface area contributed by atoms with Crippen molar-refractivity contribution in [3.63, 3.8) is 0 Å². The zero-order valence-electron chi connectivity index (χ0n) is 9.46. The average molecular weight is 194 g/mol. The van der Waals surface area contributed by atoms with Crippen LogP contribution in [0.3, 0.4) is 0 Å². The van der Waals surface area contributed by atoms with E-state index in [0.29, 0.717) is 5.78 Å². The van der Waals surface area contributed by atoms with Crippen LogP contribution in [0.5, 0.6) is 0 Å². The van der Waals surface area contributed by atoms with Crippen LogP contribution in [0.2, 0.25) is 0 Å². The molecule has 0 unspecified atom stereocenters. The Bertz CT molecular complexity index is 219. The van der Waals surface area contributed by atoms with E-state index >= 15 is 0 Å². The lowest BCUT2D eigenvalue weighted by molar-refractivity contribution is -0.123. The Morgan fingerprint density at radius 2 is 1.93 bits per heavy atom. The van der Waals surface area contributed by atoms with Gasteiger partial charge in [0.15, 0.2) is 0 Å². The van der Waals surface area contributed by atoms with Gasteiger partial charge in [0.05, 0.1) is 0 Å². The molecule has 0 spiro atoms. The van der Waals surface area contributed by atoms with Gasteiger partial charge >= 0.3 is 0 Å². The summed E-state index contributed by atoms with van der Waals surface area (Å²) in [6.07, 6.45) is 7.04. The number of carbonyl (C=O) groups excluding carboxylic acids is 1. The summed E-state index contributed by atoms with van der Waals surface area (Å²) >= 11 is 0. The van der Waals surface area contributed by atoms with Gasteiger partial charge in [-0.3, -0.25) is 4.79 Å². The lowest BCUT2D eigenvalue weighted by Gasteiger charge is -2.40. The van der Waals surface area contributed by atoms with Gasteiger partial charge in [0.2, 0.25) is 0 Å². The summed E-state index contributed by atoms with van der Waals surface area (Å²) in [7, 11) is 0. The minimum atomic E-state index is 0.522. The second kappa shape index (κ2) is 4.04. The predicted molar refractivity (Wildman–Crippen MR) is 58.0 cm³/mol. The van der Waals surface area contributed by atoms with Gasteiger partial charge in [-0.05, 0) is 49.4 Å². The Kier molecular flexibility index (Phi) is 2.94. The smallest absolute Gasteiger partial charge is 0.133 e. The van der Waals surface area contributed by atoms with Crippen LogP contribution in [-0.4, -0.2) is 5.78 Å². The second-order valence-electron chi connectivity index (χ2n) is 5.62. The first-order valence-corrected chi connectivity index (χ1v) is 6.18. The zero-order valence-corrected chi connectivity index (χ0v) is 9.46. The fourth-order valence-corrected chi connectivity index (χ4v) is 3.33. The van der Waals surface area contributed by atoms with Crippen molar-refractivity contribution >= 4 is 5.78 Å². The van der Waals surface area contributed by atoms with Crippen molar-refractivity contribution in [2.45, 2.75) is 52.4 Å². The summed E-state index contributed by atoms with van der Waals surface area (Å²) in [6, 6.07) is 0. The predicted octanol–water partition coefficient (Wildman–Crippen LogP) is 3.43. The molecule has 0 bridgehead atoms. The lowest BCUT2D eigenvalue weighted by atomic mass is 9.65. The fourth-order valence-electron chi connectivity index (χ4n) is 3.33. The number of fused-ring (bicyclic) bond motifs is 1. The van der Waals surface area contributed by atoms with Gasteiger partial charge < -0.3 is 0 Å². The van der Waals surface area contributed by atoms with Crippen LogP contribution < -0.4 is 0 Å². The van der Waals surface area contributed by atoms with Crippen molar-refractivity contribution in [2.75, 3.05) is 0 Å². The van der Waals surface area contributed by atoms with E-state index in [4.69, 9.17) is 0 Å². The molecule has 2 aliphatic rings. The molecule has 2 rings (SSSR count). The molecule has 0 aromatic heterocycles. The van der Waals surface area contributed by atoms with Crippen LogP contribution in [0.4, 0.5) is 0 Å². The van der Waals surface area contributed by atoms with Crippen molar-refractivity contribution < 1.29 is 4.79 Å². The van der Waals surface area contributed by atoms with Gasteiger partial charge in [-0.15, -0.1) is 0 Å². The first kappa shape index (κ1) is 10.2. The molecule has 2 fully saturated rings. The van der Waals surface area contributed by atoms with Gasteiger partial charge in [-0.1, -0.05) is 13.8 Å². The highest BCUT2D eigenvalue weighted by Crippen LogP contribution is 2.43. The molecule has 0 saturated heterocycles. The summed E-state index contributed by atoms with van der Waals surface area (Å²) < 4.78 is 0. The SMILES string of the molecule is CC(C)[C@@H]1CC[C@@H]2CC(=O)CC[C@H]2C1. The largest absolute Gasteiger partial charge is 0.300 e. The van der Waals surface area contributed by atoms with E-state index in [9.17, 15) is 4.79 Å². The van der Waals surface area contributed by atoms with Crippen LogP contribution in [0.25, 0.3) is 0 Å². The Balaban J connectivity index is 1.94. The van der Waals surface area contributed by atoms with Crippen LogP contribution >= 0.6 is 0 Å². The number of ketones is 1. The van der Waals surface area contributed by atoms with E-state index in [1.807, 2.05) is 0 Å². The molecule has 80 valence electrons. The normalized spacial score (nSPS) is 38.5. The Morgan fingerprint density at radius 1 is 1.14 bits per heavy atom. The molecule has 0 N–H and O–H groups in total. The molecular weight excluding hydrogens is 172 g/mol. The zero-order chi connectivity index (χ0) is 10.1. The quantitative estimate of drug-likeness (QED) is 0.625. The van der Waals surface area contributed by atoms with Crippen molar-refractivity contribution in [3.8, 4) is 0 Å². The number of carbonyl (C=O) groups is 1. The van der Waals surface area contributed by atoms with Crippen molar-refractivity contribution in [1.82, 2.24) is 0 Å².